The van der Waals surface area contributed by atoms with Crippen LogP contribution in [0.5, 0.6) is 0 Å². The van der Waals surface area contributed by atoms with Crippen molar-refractivity contribution in [2.75, 3.05) is 0 Å². The van der Waals surface area contributed by atoms with Gasteiger partial charge in [-0.1, -0.05) is 0 Å². The lowest BCUT2D eigenvalue weighted by molar-refractivity contribution is -0.0399. The number of amides is 1. The van der Waals surface area contributed by atoms with E-state index in [1.165, 1.54) is 0 Å². The van der Waals surface area contributed by atoms with Crippen molar-refractivity contribution >= 4 is 5.91 Å². The van der Waals surface area contributed by atoms with Gasteiger partial charge in [0.25, 0.3) is 5.91 Å². The Labute approximate surface area is 131 Å². The Kier molecular flexibility index (Phi) is 4.95. The SMILES string of the molecule is Cc1nc(C(=O)NC2CCC(F)(F)CC2)n(CCC(C)(F)F)n1. The minimum Gasteiger partial charge on any atom is -0.347 e. The first-order valence-electron chi connectivity index (χ1n) is 7.54. The normalized spacial score (nSPS) is 18.9. The number of hydrogen-bond acceptors (Lipinski definition) is 3. The fourth-order valence-corrected chi connectivity index (χ4v) is 2.52. The second kappa shape index (κ2) is 6.45. The van der Waals surface area contributed by atoms with Crippen molar-refractivity contribution in [1.82, 2.24) is 20.1 Å². The maximum Gasteiger partial charge on any atom is 0.289 e. The lowest BCUT2D eigenvalue weighted by atomic mass is 9.92. The van der Waals surface area contributed by atoms with Gasteiger partial charge in [-0.05, 0) is 26.7 Å². The highest BCUT2D eigenvalue weighted by atomic mass is 19.3. The van der Waals surface area contributed by atoms with E-state index in [4.69, 9.17) is 0 Å². The molecule has 0 aliphatic heterocycles. The summed E-state index contributed by atoms with van der Waals surface area (Å²) in [6.45, 7) is 2.20. The van der Waals surface area contributed by atoms with E-state index in [2.05, 4.69) is 15.4 Å². The van der Waals surface area contributed by atoms with E-state index in [0.29, 0.717) is 5.82 Å². The average Bonchev–Trinajstić information content (AvgIpc) is 2.79. The highest BCUT2D eigenvalue weighted by Crippen LogP contribution is 2.33. The predicted molar refractivity (Wildman–Crippen MR) is 74.7 cm³/mol. The molecule has 1 aromatic rings. The maximum atomic E-state index is 13.1. The summed E-state index contributed by atoms with van der Waals surface area (Å²) in [5, 5.41) is 6.58. The van der Waals surface area contributed by atoms with Crippen molar-refractivity contribution in [1.29, 1.82) is 0 Å². The molecule has 2 rings (SSSR count). The van der Waals surface area contributed by atoms with Gasteiger partial charge in [0.2, 0.25) is 17.7 Å². The summed E-state index contributed by atoms with van der Waals surface area (Å²) in [5.41, 5.74) is 0. The third-order valence-electron chi connectivity index (χ3n) is 3.80. The van der Waals surface area contributed by atoms with Gasteiger partial charge in [0.1, 0.15) is 5.82 Å². The molecule has 0 saturated heterocycles. The van der Waals surface area contributed by atoms with Crippen LogP contribution in [0.2, 0.25) is 0 Å². The highest BCUT2D eigenvalue weighted by molar-refractivity contribution is 5.90. The molecule has 1 heterocycles. The van der Waals surface area contributed by atoms with Crippen molar-refractivity contribution in [3.63, 3.8) is 0 Å². The number of rotatable bonds is 5. The van der Waals surface area contributed by atoms with Crippen LogP contribution in [0.25, 0.3) is 0 Å². The van der Waals surface area contributed by atoms with Gasteiger partial charge in [-0.2, -0.15) is 5.10 Å². The summed E-state index contributed by atoms with van der Waals surface area (Å²) < 4.78 is 53.3. The number of alkyl halides is 4. The first-order chi connectivity index (χ1) is 10.6. The van der Waals surface area contributed by atoms with Crippen LogP contribution in [0.4, 0.5) is 17.6 Å². The van der Waals surface area contributed by atoms with Crippen LogP contribution in [0.1, 0.15) is 55.5 Å². The van der Waals surface area contributed by atoms with Gasteiger partial charge >= 0.3 is 0 Å². The lowest BCUT2D eigenvalue weighted by Crippen LogP contribution is -2.41. The van der Waals surface area contributed by atoms with Crippen LogP contribution in [0.15, 0.2) is 0 Å². The molecule has 1 saturated carbocycles. The van der Waals surface area contributed by atoms with Crippen molar-refractivity contribution in [2.45, 2.75) is 70.4 Å². The zero-order valence-corrected chi connectivity index (χ0v) is 13.1. The number of carbonyl (C=O) groups excluding carboxylic acids is 1. The molecule has 1 fully saturated rings. The van der Waals surface area contributed by atoms with Crippen molar-refractivity contribution in [2.24, 2.45) is 0 Å². The second-order valence-corrected chi connectivity index (χ2v) is 6.13. The molecule has 1 amide bonds. The molecule has 1 aromatic heterocycles. The first kappa shape index (κ1) is 17.7. The van der Waals surface area contributed by atoms with Gasteiger partial charge in [0.15, 0.2) is 0 Å². The number of halogens is 4. The molecule has 1 N–H and O–H groups in total. The number of aryl methyl sites for hydroxylation is 2. The molecule has 1 aliphatic carbocycles. The molecular weight excluding hydrogens is 316 g/mol. The number of hydrogen-bond donors (Lipinski definition) is 1. The highest BCUT2D eigenvalue weighted by Gasteiger charge is 2.35. The van der Waals surface area contributed by atoms with Crippen LogP contribution in [0.3, 0.4) is 0 Å². The third kappa shape index (κ3) is 5.18. The maximum absolute atomic E-state index is 13.1. The van der Waals surface area contributed by atoms with Crippen LogP contribution >= 0.6 is 0 Å². The van der Waals surface area contributed by atoms with E-state index in [9.17, 15) is 22.4 Å². The summed E-state index contributed by atoms with van der Waals surface area (Å²) in [4.78, 5) is 16.2. The summed E-state index contributed by atoms with van der Waals surface area (Å²) in [6.07, 6.45) is -0.652. The number of nitrogens with one attached hydrogen (secondary N) is 1. The Morgan fingerprint density at radius 2 is 2.00 bits per heavy atom. The van der Waals surface area contributed by atoms with Crippen LogP contribution in [0, 0.1) is 6.92 Å². The van der Waals surface area contributed by atoms with Crippen molar-refractivity contribution in [3.05, 3.63) is 11.6 Å². The molecule has 130 valence electrons. The van der Waals surface area contributed by atoms with Crippen LogP contribution < -0.4 is 5.32 Å². The summed E-state index contributed by atoms with van der Waals surface area (Å²) in [6, 6.07) is -0.361. The van der Waals surface area contributed by atoms with Crippen LogP contribution in [-0.2, 0) is 6.54 Å². The quantitative estimate of drug-likeness (QED) is 0.841. The molecule has 1 aliphatic rings. The smallest absolute Gasteiger partial charge is 0.289 e. The van der Waals surface area contributed by atoms with E-state index in [1.54, 1.807) is 6.92 Å². The molecule has 0 bridgehead atoms. The van der Waals surface area contributed by atoms with Crippen molar-refractivity contribution in [3.8, 4) is 0 Å². The summed E-state index contributed by atoms with van der Waals surface area (Å²) in [5.74, 6) is -5.89. The second-order valence-electron chi connectivity index (χ2n) is 6.13. The first-order valence-corrected chi connectivity index (χ1v) is 7.54. The molecule has 23 heavy (non-hydrogen) atoms. The topological polar surface area (TPSA) is 59.8 Å². The van der Waals surface area contributed by atoms with Gasteiger partial charge in [0, 0.05) is 31.8 Å². The molecule has 0 atom stereocenters. The third-order valence-corrected chi connectivity index (χ3v) is 3.80. The monoisotopic (exact) mass is 336 g/mol. The Balaban J connectivity index is 1.99. The zero-order chi connectivity index (χ0) is 17.3. The summed E-state index contributed by atoms with van der Waals surface area (Å²) >= 11 is 0. The molecule has 0 radical (unpaired) electrons. The minimum atomic E-state index is -2.87. The zero-order valence-electron chi connectivity index (χ0n) is 13.1. The fraction of sp³-hybridized carbons (Fsp3) is 0.786. The van der Waals surface area contributed by atoms with Crippen LogP contribution in [-0.4, -0.2) is 38.6 Å². The molecule has 5 nitrogen and oxygen atoms in total. The largest absolute Gasteiger partial charge is 0.347 e. The molecule has 0 spiro atoms. The Morgan fingerprint density at radius 1 is 1.39 bits per heavy atom. The standard InChI is InChI=1S/C14H20F4N4O/c1-9-19-11(22(21-9)8-7-13(2,15)16)12(23)20-10-3-5-14(17,18)6-4-10/h10H,3-8H2,1-2H3,(H,20,23). The van der Waals surface area contributed by atoms with Gasteiger partial charge in [0.05, 0.1) is 0 Å². The fourth-order valence-electron chi connectivity index (χ4n) is 2.52. The average molecular weight is 336 g/mol. The molecule has 0 aromatic carbocycles. The van der Waals surface area contributed by atoms with E-state index in [-0.39, 0.29) is 44.1 Å². The lowest BCUT2D eigenvalue weighted by Gasteiger charge is -2.28. The van der Waals surface area contributed by atoms with Gasteiger partial charge in [-0.25, -0.2) is 27.2 Å². The van der Waals surface area contributed by atoms with E-state index in [0.717, 1.165) is 11.6 Å². The Hall–Kier alpha value is -1.67. The van der Waals surface area contributed by atoms with Gasteiger partial charge in [-0.3, -0.25) is 4.79 Å². The number of carbonyl (C=O) groups is 1. The van der Waals surface area contributed by atoms with E-state index >= 15 is 0 Å². The van der Waals surface area contributed by atoms with E-state index < -0.39 is 24.2 Å². The number of nitrogens with zero attached hydrogens (tertiary/aromatic N) is 3. The molecular formula is C14H20F4N4O. The van der Waals surface area contributed by atoms with Gasteiger partial charge in [-0.15, -0.1) is 0 Å². The van der Waals surface area contributed by atoms with Crippen molar-refractivity contribution < 1.29 is 22.4 Å². The Morgan fingerprint density at radius 3 is 2.57 bits per heavy atom. The Bertz CT molecular complexity index is 558. The van der Waals surface area contributed by atoms with Gasteiger partial charge < -0.3 is 5.32 Å². The molecule has 0 unspecified atom stereocenters. The molecule has 9 heteroatoms. The number of aromatic nitrogens is 3. The minimum absolute atomic E-state index is 0.0657. The predicted octanol–water partition coefficient (Wildman–Crippen LogP) is 2.94. The van der Waals surface area contributed by atoms with E-state index in [1.807, 2.05) is 0 Å². The summed E-state index contributed by atoms with van der Waals surface area (Å²) in [7, 11) is 0.